The lowest BCUT2D eigenvalue weighted by atomic mass is 9.99. The van der Waals surface area contributed by atoms with Crippen LogP contribution < -0.4 is 15.5 Å². The van der Waals surface area contributed by atoms with Crippen LogP contribution >= 0.6 is 0 Å². The van der Waals surface area contributed by atoms with Crippen LogP contribution in [0.15, 0.2) is 72.4 Å². The van der Waals surface area contributed by atoms with E-state index in [1.54, 1.807) is 36.4 Å². The molecule has 6 nitrogen and oxygen atoms in total. The van der Waals surface area contributed by atoms with Gasteiger partial charge in [0.05, 0.1) is 11.3 Å². The van der Waals surface area contributed by atoms with Gasteiger partial charge < -0.3 is 10.6 Å². The summed E-state index contributed by atoms with van der Waals surface area (Å²) in [4.78, 5) is 39.3. The topological polar surface area (TPSA) is 78.5 Å². The second kappa shape index (κ2) is 8.70. The molecule has 0 spiro atoms. The molecule has 7 heteroatoms. The first kappa shape index (κ1) is 22.0. The number of aryl methyl sites for hydroxylation is 2. The molecule has 2 N–H and O–H groups in total. The van der Waals surface area contributed by atoms with Crippen molar-refractivity contribution in [2.24, 2.45) is 0 Å². The number of rotatable bonds is 5. The highest BCUT2D eigenvalue weighted by Gasteiger charge is 2.40. The highest BCUT2D eigenvalue weighted by atomic mass is 19.1. The van der Waals surface area contributed by atoms with Gasteiger partial charge in [-0.25, -0.2) is 9.29 Å². The van der Waals surface area contributed by atoms with Crippen LogP contribution in [-0.2, 0) is 14.4 Å². The summed E-state index contributed by atoms with van der Waals surface area (Å²) < 4.78 is 13.8. The van der Waals surface area contributed by atoms with Gasteiger partial charge in [-0.3, -0.25) is 14.4 Å². The minimum atomic E-state index is -0.551. The molecule has 0 saturated carbocycles. The predicted molar refractivity (Wildman–Crippen MR) is 126 cm³/mol. The maximum absolute atomic E-state index is 13.8. The van der Waals surface area contributed by atoms with Gasteiger partial charge >= 0.3 is 0 Å². The SMILES string of the molecule is CC(=O)Nc1ccc(N2C(=O)C(Nc3cccc(F)c3)=C(c3ccc(C)c(C)c3)C2=O)cc1. The van der Waals surface area contributed by atoms with E-state index in [-0.39, 0.29) is 17.2 Å². The van der Waals surface area contributed by atoms with Crippen molar-refractivity contribution in [1.29, 1.82) is 0 Å². The van der Waals surface area contributed by atoms with Crippen molar-refractivity contribution in [1.82, 2.24) is 0 Å². The van der Waals surface area contributed by atoms with Crippen molar-refractivity contribution < 1.29 is 18.8 Å². The highest BCUT2D eigenvalue weighted by Crippen LogP contribution is 2.34. The van der Waals surface area contributed by atoms with Gasteiger partial charge in [0.15, 0.2) is 0 Å². The summed E-state index contributed by atoms with van der Waals surface area (Å²) in [5, 5.41) is 5.60. The Kier molecular flexibility index (Phi) is 5.79. The van der Waals surface area contributed by atoms with Crippen LogP contribution in [0, 0.1) is 19.7 Å². The molecule has 0 bridgehead atoms. The normalized spacial score (nSPS) is 13.5. The standard InChI is InChI=1S/C26H22FN3O3/c1-15-7-8-18(13-16(15)2)23-24(29-21-6-4-5-19(27)14-21)26(33)30(25(23)32)22-11-9-20(10-12-22)28-17(3)31/h4-14,29H,1-3H3,(H,28,31). The molecule has 33 heavy (non-hydrogen) atoms. The Balaban J connectivity index is 1.78. The number of hydrogen-bond acceptors (Lipinski definition) is 4. The molecule has 166 valence electrons. The number of benzene rings is 3. The van der Waals surface area contributed by atoms with Gasteiger partial charge in [-0.2, -0.15) is 0 Å². The maximum Gasteiger partial charge on any atom is 0.282 e. The van der Waals surface area contributed by atoms with E-state index in [0.717, 1.165) is 16.0 Å². The zero-order valence-electron chi connectivity index (χ0n) is 18.4. The molecule has 3 aromatic rings. The minimum absolute atomic E-state index is 0.0693. The molecule has 3 amide bonds. The molecule has 0 aromatic heterocycles. The fraction of sp³-hybridized carbons (Fsp3) is 0.115. The summed E-state index contributed by atoms with van der Waals surface area (Å²) in [6, 6.07) is 17.6. The number of anilines is 3. The van der Waals surface area contributed by atoms with Gasteiger partial charge in [-0.1, -0.05) is 24.3 Å². The minimum Gasteiger partial charge on any atom is -0.350 e. The average Bonchev–Trinajstić information content (AvgIpc) is 3.00. The molecule has 3 aromatic carbocycles. The molecular formula is C26H22FN3O3. The van der Waals surface area contributed by atoms with E-state index in [9.17, 15) is 18.8 Å². The molecule has 0 saturated heterocycles. The molecule has 1 aliphatic rings. The first-order valence-electron chi connectivity index (χ1n) is 10.4. The predicted octanol–water partition coefficient (Wildman–Crippen LogP) is 4.80. The van der Waals surface area contributed by atoms with Gasteiger partial charge in [0, 0.05) is 18.3 Å². The van der Waals surface area contributed by atoms with Crippen LogP contribution in [0.25, 0.3) is 5.57 Å². The number of amides is 3. The van der Waals surface area contributed by atoms with Crippen LogP contribution in [0.1, 0.15) is 23.6 Å². The van der Waals surface area contributed by atoms with Gasteiger partial charge in [0.2, 0.25) is 5.91 Å². The molecule has 0 atom stereocenters. The Morgan fingerprint density at radius 3 is 2.21 bits per heavy atom. The monoisotopic (exact) mass is 443 g/mol. The fourth-order valence-corrected chi connectivity index (χ4v) is 3.65. The molecule has 4 rings (SSSR count). The Labute approximate surface area is 190 Å². The Morgan fingerprint density at radius 1 is 0.848 bits per heavy atom. The number of nitrogens with one attached hydrogen (secondary N) is 2. The molecular weight excluding hydrogens is 421 g/mol. The van der Waals surface area contributed by atoms with E-state index in [2.05, 4.69) is 10.6 Å². The maximum atomic E-state index is 13.8. The molecule has 1 aliphatic heterocycles. The first-order valence-corrected chi connectivity index (χ1v) is 10.4. The third-order valence-electron chi connectivity index (χ3n) is 5.42. The largest absolute Gasteiger partial charge is 0.350 e. The number of nitrogens with zero attached hydrogens (tertiary/aromatic N) is 1. The summed E-state index contributed by atoms with van der Waals surface area (Å²) in [5.41, 5.74) is 4.16. The van der Waals surface area contributed by atoms with Crippen LogP contribution in [0.3, 0.4) is 0 Å². The lowest BCUT2D eigenvalue weighted by Crippen LogP contribution is -2.32. The summed E-state index contributed by atoms with van der Waals surface area (Å²) in [6.07, 6.45) is 0. The molecule has 0 fully saturated rings. The summed E-state index contributed by atoms with van der Waals surface area (Å²) in [5.74, 6) is -1.73. The fourth-order valence-electron chi connectivity index (χ4n) is 3.65. The molecule has 0 unspecified atom stereocenters. The van der Waals surface area contributed by atoms with Crippen molar-refractivity contribution in [3.05, 3.63) is 94.9 Å². The molecule has 1 heterocycles. The number of carbonyl (C=O) groups is 3. The Bertz CT molecular complexity index is 1310. The second-order valence-electron chi connectivity index (χ2n) is 7.86. The van der Waals surface area contributed by atoms with Gasteiger partial charge in [0.1, 0.15) is 11.5 Å². The third kappa shape index (κ3) is 4.39. The second-order valence-corrected chi connectivity index (χ2v) is 7.86. The van der Waals surface area contributed by atoms with Gasteiger partial charge in [-0.05, 0) is 73.0 Å². The van der Waals surface area contributed by atoms with E-state index in [1.807, 2.05) is 26.0 Å². The highest BCUT2D eigenvalue weighted by molar-refractivity contribution is 6.46. The zero-order valence-corrected chi connectivity index (χ0v) is 18.4. The van der Waals surface area contributed by atoms with Crippen molar-refractivity contribution in [2.75, 3.05) is 15.5 Å². The molecule has 0 aliphatic carbocycles. The van der Waals surface area contributed by atoms with Crippen LogP contribution in [-0.4, -0.2) is 17.7 Å². The lowest BCUT2D eigenvalue weighted by Gasteiger charge is -2.16. The van der Waals surface area contributed by atoms with Crippen molar-refractivity contribution in [2.45, 2.75) is 20.8 Å². The first-order chi connectivity index (χ1) is 15.7. The summed E-state index contributed by atoms with van der Waals surface area (Å²) in [6.45, 7) is 5.29. The number of halogens is 1. The quantitative estimate of drug-likeness (QED) is 0.556. The van der Waals surface area contributed by atoms with Gasteiger partial charge in [0.25, 0.3) is 11.8 Å². The number of hydrogen-bond donors (Lipinski definition) is 2. The third-order valence-corrected chi connectivity index (χ3v) is 5.42. The van der Waals surface area contributed by atoms with Gasteiger partial charge in [-0.15, -0.1) is 0 Å². The summed E-state index contributed by atoms with van der Waals surface area (Å²) in [7, 11) is 0. The van der Waals surface area contributed by atoms with E-state index in [4.69, 9.17) is 0 Å². The van der Waals surface area contributed by atoms with Crippen molar-refractivity contribution in [3.63, 3.8) is 0 Å². The Morgan fingerprint density at radius 2 is 1.58 bits per heavy atom. The summed E-state index contributed by atoms with van der Waals surface area (Å²) >= 11 is 0. The number of imide groups is 1. The Hall–Kier alpha value is -4.26. The lowest BCUT2D eigenvalue weighted by molar-refractivity contribution is -0.120. The van der Waals surface area contributed by atoms with Crippen LogP contribution in [0.2, 0.25) is 0 Å². The van der Waals surface area contributed by atoms with E-state index in [1.165, 1.54) is 25.1 Å². The number of carbonyl (C=O) groups excluding carboxylic acids is 3. The van der Waals surface area contributed by atoms with Crippen molar-refractivity contribution >= 4 is 40.4 Å². The van der Waals surface area contributed by atoms with Crippen LogP contribution in [0.5, 0.6) is 0 Å². The smallest absolute Gasteiger partial charge is 0.282 e. The van der Waals surface area contributed by atoms with E-state index >= 15 is 0 Å². The van der Waals surface area contributed by atoms with E-state index < -0.39 is 17.6 Å². The van der Waals surface area contributed by atoms with Crippen molar-refractivity contribution in [3.8, 4) is 0 Å². The molecule has 0 radical (unpaired) electrons. The average molecular weight is 443 g/mol. The van der Waals surface area contributed by atoms with E-state index in [0.29, 0.717) is 22.6 Å². The van der Waals surface area contributed by atoms with Crippen LogP contribution in [0.4, 0.5) is 21.5 Å². The zero-order chi connectivity index (χ0) is 23.7.